The Hall–Kier alpha value is -2.38. The number of nitrogens with zero attached hydrogens (tertiary/aromatic N) is 2. The van der Waals surface area contributed by atoms with Gasteiger partial charge in [0.1, 0.15) is 5.75 Å². The summed E-state index contributed by atoms with van der Waals surface area (Å²) in [5, 5.41) is 20.3. The summed E-state index contributed by atoms with van der Waals surface area (Å²) in [6, 6.07) is 12.9. The molecule has 0 aliphatic carbocycles. The van der Waals surface area contributed by atoms with Crippen LogP contribution >= 0.6 is 31.9 Å². The first kappa shape index (κ1) is 19.6. The summed E-state index contributed by atoms with van der Waals surface area (Å²) in [5.74, 6) is 0.779. The van der Waals surface area contributed by atoms with Gasteiger partial charge in [0.2, 0.25) is 5.72 Å². The van der Waals surface area contributed by atoms with Gasteiger partial charge in [-0.25, -0.2) is 0 Å². The van der Waals surface area contributed by atoms with E-state index in [1.54, 1.807) is 0 Å². The minimum Gasteiger partial charge on any atom is -0.494 e. The van der Waals surface area contributed by atoms with Gasteiger partial charge in [0.15, 0.2) is 11.8 Å². The van der Waals surface area contributed by atoms with Crippen LogP contribution in [0.3, 0.4) is 0 Å². The van der Waals surface area contributed by atoms with Gasteiger partial charge in [-0.3, -0.25) is 4.57 Å². The molecule has 0 amide bonds. The third kappa shape index (κ3) is 2.45. The standard InChI is InChI=1S/C23H20Br2N2O3/c1-22(2)16-12-15(27-19(28)6-7-20(27)29)4-5-18(16)26(3)23(22)9-8-13-10-14(24)11-17(25)21(13)30-23/h4-12,28-29H,1-3H3. The number of likely N-dealkylation sites (N-methyl/N-ethyl adjacent to an activating group) is 1. The molecule has 5 nitrogen and oxygen atoms in total. The second kappa shape index (κ2) is 6.31. The number of ether oxygens (including phenoxy) is 1. The Kier molecular flexibility index (Phi) is 4.12. The average Bonchev–Trinajstić information content (AvgIpc) is 3.11. The second-order valence-electron chi connectivity index (χ2n) is 8.21. The summed E-state index contributed by atoms with van der Waals surface area (Å²) >= 11 is 7.18. The Bertz CT molecular complexity index is 1210. The van der Waals surface area contributed by atoms with E-state index in [9.17, 15) is 10.2 Å². The highest BCUT2D eigenvalue weighted by molar-refractivity contribution is 9.11. The van der Waals surface area contributed by atoms with Crippen molar-refractivity contribution in [2.45, 2.75) is 25.0 Å². The van der Waals surface area contributed by atoms with Gasteiger partial charge in [0.05, 0.1) is 15.6 Å². The molecule has 2 aromatic carbocycles. The predicted octanol–water partition coefficient (Wildman–Crippen LogP) is 5.94. The lowest BCUT2D eigenvalue weighted by molar-refractivity contribution is 0.0573. The second-order valence-corrected chi connectivity index (χ2v) is 9.98. The summed E-state index contributed by atoms with van der Waals surface area (Å²) in [5.41, 5.74) is 2.65. The van der Waals surface area contributed by atoms with Crippen molar-refractivity contribution in [3.8, 4) is 23.2 Å². The van der Waals surface area contributed by atoms with Crippen LogP contribution in [0.25, 0.3) is 11.8 Å². The Morgan fingerprint density at radius 2 is 1.67 bits per heavy atom. The SMILES string of the molecule is CN1c2ccc(-n3c(O)ccc3O)cc2C(C)(C)C12C=Cc1cc(Br)cc(Br)c1O2. The lowest BCUT2D eigenvalue weighted by Gasteiger charge is -2.46. The molecule has 3 aromatic rings. The first-order chi connectivity index (χ1) is 14.2. The number of benzene rings is 2. The van der Waals surface area contributed by atoms with Crippen LogP contribution in [0.15, 0.2) is 57.5 Å². The number of halogens is 2. The molecule has 7 heteroatoms. The van der Waals surface area contributed by atoms with E-state index in [0.29, 0.717) is 5.69 Å². The van der Waals surface area contributed by atoms with E-state index in [1.165, 1.54) is 16.7 Å². The number of hydrogen-bond donors (Lipinski definition) is 2. The third-order valence-electron chi connectivity index (χ3n) is 6.29. The summed E-state index contributed by atoms with van der Waals surface area (Å²) in [6.07, 6.45) is 4.21. The molecule has 154 valence electrons. The van der Waals surface area contributed by atoms with E-state index >= 15 is 0 Å². The van der Waals surface area contributed by atoms with Gasteiger partial charge < -0.3 is 19.8 Å². The van der Waals surface area contributed by atoms with Gasteiger partial charge in [-0.1, -0.05) is 15.9 Å². The van der Waals surface area contributed by atoms with Crippen molar-refractivity contribution < 1.29 is 14.9 Å². The van der Waals surface area contributed by atoms with E-state index in [-0.39, 0.29) is 11.8 Å². The quantitative estimate of drug-likeness (QED) is 0.408. The fraction of sp³-hybridized carbons (Fsp3) is 0.217. The molecule has 2 N–H and O–H groups in total. The fourth-order valence-electron chi connectivity index (χ4n) is 4.65. The molecule has 0 fully saturated rings. The van der Waals surface area contributed by atoms with Crippen LogP contribution in [0, 0.1) is 0 Å². The minimum atomic E-state index is -0.724. The summed E-state index contributed by atoms with van der Waals surface area (Å²) in [7, 11) is 2.03. The molecular formula is C23H20Br2N2O3. The Labute approximate surface area is 191 Å². The molecule has 0 radical (unpaired) electrons. The Morgan fingerprint density at radius 1 is 0.967 bits per heavy atom. The van der Waals surface area contributed by atoms with Crippen LogP contribution in [-0.2, 0) is 5.41 Å². The smallest absolute Gasteiger partial charge is 0.211 e. The number of aromatic hydroxyl groups is 2. The molecule has 1 atom stereocenters. The molecule has 2 aliphatic heterocycles. The van der Waals surface area contributed by atoms with Crippen molar-refractivity contribution in [2.75, 3.05) is 11.9 Å². The normalized spacial score (nSPS) is 20.9. The van der Waals surface area contributed by atoms with Crippen LogP contribution in [0.1, 0.15) is 25.0 Å². The van der Waals surface area contributed by atoms with Crippen molar-refractivity contribution in [2.24, 2.45) is 0 Å². The Balaban J connectivity index is 1.66. The summed E-state index contributed by atoms with van der Waals surface area (Å²) < 4.78 is 10.0. The lowest BCUT2D eigenvalue weighted by atomic mass is 9.76. The molecule has 2 aliphatic rings. The summed E-state index contributed by atoms with van der Waals surface area (Å²) in [4.78, 5) is 2.15. The predicted molar refractivity (Wildman–Crippen MR) is 125 cm³/mol. The van der Waals surface area contributed by atoms with Crippen LogP contribution in [-0.4, -0.2) is 27.6 Å². The van der Waals surface area contributed by atoms with Gasteiger partial charge in [-0.05, 0) is 77.8 Å². The van der Waals surface area contributed by atoms with Crippen LogP contribution < -0.4 is 9.64 Å². The van der Waals surface area contributed by atoms with E-state index in [4.69, 9.17) is 4.74 Å². The van der Waals surface area contributed by atoms with E-state index in [0.717, 1.165) is 31.5 Å². The molecule has 30 heavy (non-hydrogen) atoms. The molecule has 1 spiro atoms. The van der Waals surface area contributed by atoms with E-state index in [2.05, 4.69) is 62.8 Å². The van der Waals surface area contributed by atoms with Gasteiger partial charge in [0.25, 0.3) is 0 Å². The fourth-order valence-corrected chi connectivity index (χ4v) is 5.99. The maximum absolute atomic E-state index is 10.2. The topological polar surface area (TPSA) is 57.9 Å². The number of rotatable bonds is 1. The molecule has 3 heterocycles. The monoisotopic (exact) mass is 530 g/mol. The van der Waals surface area contributed by atoms with Gasteiger partial charge in [-0.15, -0.1) is 0 Å². The first-order valence-electron chi connectivity index (χ1n) is 9.51. The van der Waals surface area contributed by atoms with Crippen molar-refractivity contribution >= 4 is 43.6 Å². The zero-order valence-corrected chi connectivity index (χ0v) is 19.8. The highest BCUT2D eigenvalue weighted by Crippen LogP contribution is 2.55. The largest absolute Gasteiger partial charge is 0.494 e. The molecule has 0 bridgehead atoms. The van der Waals surface area contributed by atoms with Crippen molar-refractivity contribution in [3.05, 3.63) is 68.6 Å². The summed E-state index contributed by atoms with van der Waals surface area (Å²) in [6.45, 7) is 4.30. The highest BCUT2D eigenvalue weighted by atomic mass is 79.9. The number of fused-ring (bicyclic) bond motifs is 2. The Morgan fingerprint density at radius 3 is 2.37 bits per heavy atom. The van der Waals surface area contributed by atoms with Crippen LogP contribution in [0.4, 0.5) is 5.69 Å². The third-order valence-corrected chi connectivity index (χ3v) is 7.34. The number of aromatic nitrogens is 1. The molecule has 1 aromatic heterocycles. The van der Waals surface area contributed by atoms with Gasteiger partial charge in [-0.2, -0.15) is 0 Å². The molecular weight excluding hydrogens is 512 g/mol. The molecule has 0 saturated carbocycles. The van der Waals surface area contributed by atoms with Crippen molar-refractivity contribution in [1.82, 2.24) is 4.57 Å². The molecule has 0 saturated heterocycles. The van der Waals surface area contributed by atoms with E-state index in [1.807, 2.05) is 37.4 Å². The number of anilines is 1. The molecule has 1 unspecified atom stereocenters. The number of hydrogen-bond acceptors (Lipinski definition) is 4. The molecule has 5 rings (SSSR count). The maximum atomic E-state index is 10.2. The highest BCUT2D eigenvalue weighted by Gasteiger charge is 2.58. The van der Waals surface area contributed by atoms with Crippen molar-refractivity contribution in [3.63, 3.8) is 0 Å². The maximum Gasteiger partial charge on any atom is 0.211 e. The van der Waals surface area contributed by atoms with Crippen LogP contribution in [0.5, 0.6) is 17.5 Å². The zero-order chi connectivity index (χ0) is 21.4. The van der Waals surface area contributed by atoms with Gasteiger partial charge in [0, 0.05) is 34.9 Å². The van der Waals surface area contributed by atoms with Crippen molar-refractivity contribution in [1.29, 1.82) is 0 Å². The average molecular weight is 532 g/mol. The van der Waals surface area contributed by atoms with Crippen LogP contribution in [0.2, 0.25) is 0 Å². The van der Waals surface area contributed by atoms with Gasteiger partial charge >= 0.3 is 0 Å². The van der Waals surface area contributed by atoms with E-state index < -0.39 is 11.1 Å². The first-order valence-corrected chi connectivity index (χ1v) is 11.1. The zero-order valence-electron chi connectivity index (χ0n) is 16.6. The minimum absolute atomic E-state index is 0.0106. The lowest BCUT2D eigenvalue weighted by Crippen LogP contribution is -2.58.